The maximum Gasteiger partial charge on any atom is 0.127 e. The smallest absolute Gasteiger partial charge is 0.127 e. The first-order valence-electron chi connectivity index (χ1n) is 16.3. The minimum absolute atomic E-state index is 0.0337. The zero-order chi connectivity index (χ0) is 35.2. The van der Waals surface area contributed by atoms with Crippen molar-refractivity contribution >= 4 is 23.1 Å². The molecule has 4 N–H and O–H groups in total. The molecule has 0 spiro atoms. The molecule has 0 bridgehead atoms. The number of nitrogens with zero attached hydrogens (tertiary/aromatic N) is 2. The predicted octanol–water partition coefficient (Wildman–Crippen LogP) is 7.19. The first-order valence-corrected chi connectivity index (χ1v) is 17.1. The van der Waals surface area contributed by atoms with Crippen LogP contribution in [0.5, 0.6) is 11.5 Å². The topological polar surface area (TPSA) is 95.4 Å². The monoisotopic (exact) mass is 694 g/mol. The molecule has 0 saturated carbocycles. The van der Waals surface area contributed by atoms with Gasteiger partial charge in [-0.15, -0.1) is 0 Å². The Morgan fingerprint density at radius 3 is 1.33 bits per heavy atom. The molecule has 0 aromatic heterocycles. The van der Waals surface area contributed by atoms with Crippen molar-refractivity contribution in [1.29, 1.82) is 0 Å². The molecule has 0 aliphatic carbocycles. The largest absolute Gasteiger partial charge is 0.491 e. The van der Waals surface area contributed by atoms with E-state index in [9.17, 15) is 8.78 Å². The van der Waals surface area contributed by atoms with E-state index in [2.05, 4.69) is 21.9 Å². The summed E-state index contributed by atoms with van der Waals surface area (Å²) in [5, 5.41) is 0. The number of halogens is 2. The molecular formula is C38H48F2N4O4S. The average Bonchev–Trinajstić information content (AvgIpc) is 3.07. The minimum Gasteiger partial charge on any atom is -0.491 e. The summed E-state index contributed by atoms with van der Waals surface area (Å²) < 4.78 is 48.4. The van der Waals surface area contributed by atoms with Crippen molar-refractivity contribution in [2.45, 2.75) is 22.9 Å². The standard InChI is InChI=1S/C38H48F2N4O4S/c1-43(2)25-29-35(15-13-33(47-23-21-45-19-17-39)37(29)27-9-5-7-11-31(27)41)49-36-16-14-34(48-24-22-46-20-18-40)38(30(36)26-44(3)4)28-10-6-8-12-32(28)42/h5-16H,17-26,41-42H2,1-4H3. The van der Waals surface area contributed by atoms with Gasteiger partial charge < -0.3 is 40.2 Å². The Morgan fingerprint density at radius 2 is 0.959 bits per heavy atom. The third kappa shape index (κ3) is 10.6. The van der Waals surface area contributed by atoms with E-state index in [-0.39, 0.29) is 39.6 Å². The number of nitrogens with two attached hydrogens (primary N) is 2. The van der Waals surface area contributed by atoms with Crippen LogP contribution in [0.4, 0.5) is 20.2 Å². The fraction of sp³-hybridized carbons (Fsp3) is 0.368. The van der Waals surface area contributed by atoms with E-state index in [0.29, 0.717) is 36.0 Å². The summed E-state index contributed by atoms with van der Waals surface area (Å²) in [6, 6.07) is 23.6. The third-order valence-corrected chi connectivity index (χ3v) is 8.71. The zero-order valence-corrected chi connectivity index (χ0v) is 29.7. The fourth-order valence-corrected chi connectivity index (χ4v) is 6.57. The lowest BCUT2D eigenvalue weighted by molar-refractivity contribution is 0.0898. The molecule has 4 aromatic rings. The molecule has 0 atom stereocenters. The molecule has 0 unspecified atom stereocenters. The summed E-state index contributed by atoms with van der Waals surface area (Å²) in [6.45, 7) is 1.28. The Balaban J connectivity index is 1.87. The highest BCUT2D eigenvalue weighted by Crippen LogP contribution is 2.47. The summed E-state index contributed by atoms with van der Waals surface area (Å²) in [5.74, 6) is 1.35. The first kappa shape index (κ1) is 37.9. The number of ether oxygens (including phenoxy) is 4. The van der Waals surface area contributed by atoms with Crippen LogP contribution in [0.1, 0.15) is 11.1 Å². The predicted molar refractivity (Wildman–Crippen MR) is 196 cm³/mol. The van der Waals surface area contributed by atoms with Crippen molar-refractivity contribution in [2.24, 2.45) is 0 Å². The van der Waals surface area contributed by atoms with Crippen molar-refractivity contribution in [3.05, 3.63) is 83.9 Å². The van der Waals surface area contributed by atoms with Crippen LogP contribution in [-0.4, -0.2) is 91.0 Å². The number of rotatable bonds is 20. The normalized spacial score (nSPS) is 11.4. The van der Waals surface area contributed by atoms with Gasteiger partial charge in [-0.1, -0.05) is 48.2 Å². The van der Waals surface area contributed by atoms with Crippen LogP contribution < -0.4 is 20.9 Å². The van der Waals surface area contributed by atoms with E-state index >= 15 is 0 Å². The molecule has 8 nitrogen and oxygen atoms in total. The second-order valence-electron chi connectivity index (χ2n) is 11.9. The quantitative estimate of drug-likeness (QED) is 0.0737. The average molecular weight is 695 g/mol. The molecule has 0 aliphatic rings. The van der Waals surface area contributed by atoms with E-state index in [1.54, 1.807) is 11.8 Å². The maximum absolute atomic E-state index is 12.6. The second-order valence-corrected chi connectivity index (χ2v) is 13.0. The Hall–Kier alpha value is -3.87. The highest BCUT2D eigenvalue weighted by atomic mass is 32.2. The number of hydrogen-bond acceptors (Lipinski definition) is 9. The van der Waals surface area contributed by atoms with Crippen molar-refractivity contribution in [1.82, 2.24) is 9.80 Å². The Bertz CT molecular complexity index is 1520. The van der Waals surface area contributed by atoms with E-state index < -0.39 is 13.3 Å². The molecule has 264 valence electrons. The molecular weight excluding hydrogens is 647 g/mol. The van der Waals surface area contributed by atoms with Gasteiger partial charge in [0.25, 0.3) is 0 Å². The van der Waals surface area contributed by atoms with Crippen molar-refractivity contribution in [3.63, 3.8) is 0 Å². The Labute approximate surface area is 293 Å². The van der Waals surface area contributed by atoms with E-state index in [4.69, 9.17) is 30.4 Å². The van der Waals surface area contributed by atoms with Gasteiger partial charge in [0.05, 0.1) is 26.4 Å². The SMILES string of the molecule is CN(C)Cc1c(Sc2ccc(OCCOCCF)c(-c3ccccc3N)c2CN(C)C)ccc(OCCOCCF)c1-c1ccccc1N. The van der Waals surface area contributed by atoms with Gasteiger partial charge in [-0.3, -0.25) is 0 Å². The number of benzene rings is 4. The lowest BCUT2D eigenvalue weighted by Crippen LogP contribution is -2.15. The summed E-state index contributed by atoms with van der Waals surface area (Å²) in [5.41, 5.74) is 20.1. The molecule has 0 aliphatic heterocycles. The number of anilines is 2. The van der Waals surface area contributed by atoms with Crippen molar-refractivity contribution < 1.29 is 27.7 Å². The van der Waals surface area contributed by atoms with Crippen molar-refractivity contribution in [3.8, 4) is 33.8 Å². The molecule has 4 aromatic carbocycles. The lowest BCUT2D eigenvalue weighted by atomic mass is 9.96. The molecule has 49 heavy (non-hydrogen) atoms. The van der Waals surface area contributed by atoms with Gasteiger partial charge in [0.15, 0.2) is 0 Å². The van der Waals surface area contributed by atoms with Gasteiger partial charge in [-0.05, 0) is 75.7 Å². The summed E-state index contributed by atoms with van der Waals surface area (Å²) in [4.78, 5) is 6.31. The van der Waals surface area contributed by atoms with Gasteiger partial charge in [-0.2, -0.15) is 0 Å². The Morgan fingerprint density at radius 1 is 0.551 bits per heavy atom. The second kappa shape index (κ2) is 19.4. The van der Waals surface area contributed by atoms with Crippen LogP contribution in [0, 0.1) is 0 Å². The molecule has 0 heterocycles. The van der Waals surface area contributed by atoms with Gasteiger partial charge in [-0.25, -0.2) is 8.78 Å². The van der Waals surface area contributed by atoms with Gasteiger partial charge >= 0.3 is 0 Å². The Kier molecular flexibility index (Phi) is 15.0. The number of nitrogen functional groups attached to an aromatic ring is 2. The third-order valence-electron chi connectivity index (χ3n) is 7.51. The first-order chi connectivity index (χ1) is 23.7. The van der Waals surface area contributed by atoms with Crippen LogP contribution in [0.25, 0.3) is 22.3 Å². The van der Waals surface area contributed by atoms with E-state index in [1.165, 1.54) is 0 Å². The summed E-state index contributed by atoms with van der Waals surface area (Å²) in [6.07, 6.45) is 0. The van der Waals surface area contributed by atoms with Crippen LogP contribution in [0.3, 0.4) is 0 Å². The van der Waals surface area contributed by atoms with Crippen LogP contribution in [-0.2, 0) is 22.6 Å². The number of para-hydroxylation sites is 2. The van der Waals surface area contributed by atoms with E-state index in [0.717, 1.165) is 43.2 Å². The lowest BCUT2D eigenvalue weighted by Gasteiger charge is -2.25. The maximum atomic E-state index is 12.6. The van der Waals surface area contributed by atoms with Crippen LogP contribution >= 0.6 is 11.8 Å². The fourth-order valence-electron chi connectivity index (χ4n) is 5.49. The zero-order valence-electron chi connectivity index (χ0n) is 28.8. The van der Waals surface area contributed by atoms with Gasteiger partial charge in [0.1, 0.15) is 38.1 Å². The summed E-state index contributed by atoms with van der Waals surface area (Å²) in [7, 11) is 8.12. The van der Waals surface area contributed by atoms with Crippen molar-refractivity contribution in [2.75, 3.05) is 92.6 Å². The van der Waals surface area contributed by atoms with E-state index in [1.807, 2.05) is 88.9 Å². The minimum atomic E-state index is -0.541. The van der Waals surface area contributed by atoms with Gasteiger partial charge in [0.2, 0.25) is 0 Å². The highest BCUT2D eigenvalue weighted by molar-refractivity contribution is 7.99. The highest BCUT2D eigenvalue weighted by Gasteiger charge is 2.23. The van der Waals surface area contributed by atoms with Crippen LogP contribution in [0.15, 0.2) is 82.6 Å². The molecule has 0 amide bonds. The van der Waals surface area contributed by atoms with Gasteiger partial charge in [0, 0.05) is 56.5 Å². The van der Waals surface area contributed by atoms with Crippen LogP contribution in [0.2, 0.25) is 0 Å². The number of hydrogen-bond donors (Lipinski definition) is 2. The number of alkyl halides is 2. The molecule has 0 fully saturated rings. The molecule has 11 heteroatoms. The molecule has 4 rings (SSSR count). The molecule has 0 saturated heterocycles. The molecule has 0 radical (unpaired) electrons. The summed E-state index contributed by atoms with van der Waals surface area (Å²) >= 11 is 1.66.